The van der Waals surface area contributed by atoms with E-state index >= 15 is 0 Å². The first-order chi connectivity index (χ1) is 9.69. The van der Waals surface area contributed by atoms with Gasteiger partial charge in [-0.15, -0.1) is 11.3 Å². The van der Waals surface area contributed by atoms with Gasteiger partial charge < -0.3 is 14.2 Å². The van der Waals surface area contributed by atoms with Crippen LogP contribution in [-0.2, 0) is 17.8 Å². The number of fused-ring (bicyclic) bond motifs is 1. The lowest BCUT2D eigenvalue weighted by atomic mass is 10.4. The zero-order valence-electron chi connectivity index (χ0n) is 11.5. The Labute approximate surface area is 121 Å². The lowest BCUT2D eigenvalue weighted by Crippen LogP contribution is -2.33. The van der Waals surface area contributed by atoms with E-state index in [1.54, 1.807) is 6.92 Å². The third-order valence-electron chi connectivity index (χ3n) is 3.27. The average molecular weight is 292 g/mol. The van der Waals surface area contributed by atoms with Gasteiger partial charge in [0.15, 0.2) is 10.8 Å². The lowest BCUT2D eigenvalue weighted by molar-refractivity contribution is 0.0519. The second kappa shape index (κ2) is 5.24. The van der Waals surface area contributed by atoms with Crippen molar-refractivity contribution in [2.45, 2.75) is 26.9 Å². The van der Waals surface area contributed by atoms with Crippen molar-refractivity contribution in [3.8, 4) is 0 Å². The van der Waals surface area contributed by atoms with Crippen molar-refractivity contribution in [1.29, 1.82) is 0 Å². The molecule has 0 aliphatic carbocycles. The fourth-order valence-corrected chi connectivity index (χ4v) is 3.16. The van der Waals surface area contributed by atoms with Crippen LogP contribution in [0.3, 0.4) is 0 Å². The van der Waals surface area contributed by atoms with E-state index in [-0.39, 0.29) is 5.97 Å². The van der Waals surface area contributed by atoms with Crippen LogP contribution in [0.1, 0.15) is 28.1 Å². The molecule has 0 atom stereocenters. The molecule has 2 aromatic rings. The Balaban J connectivity index is 1.82. The maximum absolute atomic E-state index is 11.8. The van der Waals surface area contributed by atoms with Gasteiger partial charge in [-0.25, -0.2) is 14.8 Å². The second-order valence-corrected chi connectivity index (χ2v) is 5.76. The highest BCUT2D eigenvalue weighted by Gasteiger charge is 2.23. The van der Waals surface area contributed by atoms with Crippen molar-refractivity contribution in [2.75, 3.05) is 18.1 Å². The third kappa shape index (κ3) is 2.29. The van der Waals surface area contributed by atoms with Crippen molar-refractivity contribution in [3.63, 3.8) is 0 Å². The van der Waals surface area contributed by atoms with Crippen molar-refractivity contribution in [1.82, 2.24) is 14.5 Å². The number of esters is 1. The highest BCUT2D eigenvalue weighted by molar-refractivity contribution is 7.15. The molecule has 0 fully saturated rings. The largest absolute Gasteiger partial charge is 0.461 e. The summed E-state index contributed by atoms with van der Waals surface area (Å²) in [4.78, 5) is 23.6. The maximum Gasteiger partial charge on any atom is 0.358 e. The number of anilines is 1. The molecule has 0 bridgehead atoms. The van der Waals surface area contributed by atoms with Gasteiger partial charge in [-0.1, -0.05) is 0 Å². The van der Waals surface area contributed by atoms with Gasteiger partial charge in [-0.05, 0) is 13.8 Å². The zero-order chi connectivity index (χ0) is 14.1. The molecule has 1 aliphatic heterocycles. The molecular formula is C13H16N4O2S. The molecule has 7 heteroatoms. The minimum Gasteiger partial charge on any atom is -0.461 e. The first-order valence-corrected chi connectivity index (χ1v) is 7.40. The first kappa shape index (κ1) is 13.1. The molecule has 0 aromatic carbocycles. The number of aromatic nitrogens is 3. The number of hydrogen-bond acceptors (Lipinski definition) is 6. The Hall–Kier alpha value is -1.89. The number of aryl methyl sites for hydroxylation is 1. The predicted octanol–water partition coefficient (Wildman–Crippen LogP) is 1.84. The van der Waals surface area contributed by atoms with Gasteiger partial charge in [0.1, 0.15) is 5.82 Å². The molecule has 1 aliphatic rings. The predicted molar refractivity (Wildman–Crippen MR) is 76.1 cm³/mol. The molecule has 0 saturated carbocycles. The van der Waals surface area contributed by atoms with Crippen LogP contribution < -0.4 is 4.90 Å². The third-order valence-corrected chi connectivity index (χ3v) is 4.30. The lowest BCUT2D eigenvalue weighted by Gasteiger charge is -2.27. The molecule has 0 radical (unpaired) electrons. The fraction of sp³-hybridized carbons (Fsp3) is 0.462. The van der Waals surface area contributed by atoms with Crippen molar-refractivity contribution >= 4 is 22.4 Å². The topological polar surface area (TPSA) is 60.2 Å². The van der Waals surface area contributed by atoms with Gasteiger partial charge in [0.2, 0.25) is 0 Å². The molecule has 0 N–H and O–H groups in total. The first-order valence-electron chi connectivity index (χ1n) is 6.58. The molecule has 0 saturated heterocycles. The van der Waals surface area contributed by atoms with E-state index in [0.29, 0.717) is 12.3 Å². The van der Waals surface area contributed by atoms with Gasteiger partial charge >= 0.3 is 5.97 Å². The summed E-state index contributed by atoms with van der Waals surface area (Å²) in [6.07, 6.45) is 3.81. The SMILES string of the molecule is CCOC(=O)c1nc(N2CCn3ccnc3C2)sc1C. The zero-order valence-corrected chi connectivity index (χ0v) is 12.3. The fourth-order valence-electron chi connectivity index (χ4n) is 2.24. The normalized spacial score (nSPS) is 14.2. The van der Waals surface area contributed by atoms with E-state index in [9.17, 15) is 4.79 Å². The minimum atomic E-state index is -0.342. The summed E-state index contributed by atoms with van der Waals surface area (Å²) in [5.74, 6) is 0.688. The number of carbonyl (C=O) groups is 1. The monoisotopic (exact) mass is 292 g/mol. The molecule has 3 rings (SSSR count). The summed E-state index contributed by atoms with van der Waals surface area (Å²) >= 11 is 1.53. The Kier molecular flexibility index (Phi) is 3.43. The van der Waals surface area contributed by atoms with Gasteiger partial charge in [-0.2, -0.15) is 0 Å². The molecule has 6 nitrogen and oxygen atoms in total. The van der Waals surface area contributed by atoms with Crippen molar-refractivity contribution in [2.24, 2.45) is 0 Å². The Bertz CT molecular complexity index is 634. The summed E-state index contributed by atoms with van der Waals surface area (Å²) in [7, 11) is 0. The summed E-state index contributed by atoms with van der Waals surface area (Å²) in [5, 5.41) is 0.861. The number of hydrogen-bond donors (Lipinski definition) is 0. The van der Waals surface area contributed by atoms with Gasteiger partial charge in [-0.3, -0.25) is 0 Å². The Morgan fingerprint density at radius 3 is 3.15 bits per heavy atom. The van der Waals surface area contributed by atoms with Crippen molar-refractivity contribution < 1.29 is 9.53 Å². The maximum atomic E-state index is 11.8. The van der Waals surface area contributed by atoms with E-state index in [0.717, 1.165) is 35.5 Å². The molecule has 106 valence electrons. The van der Waals surface area contributed by atoms with Crippen LogP contribution in [0.25, 0.3) is 0 Å². The number of nitrogens with zero attached hydrogens (tertiary/aromatic N) is 4. The smallest absolute Gasteiger partial charge is 0.358 e. The quantitative estimate of drug-likeness (QED) is 0.808. The molecule has 3 heterocycles. The molecular weight excluding hydrogens is 276 g/mol. The number of imidazole rings is 1. The molecule has 0 amide bonds. The number of carbonyl (C=O) groups excluding carboxylic acids is 1. The highest BCUT2D eigenvalue weighted by Crippen LogP contribution is 2.28. The van der Waals surface area contributed by atoms with Gasteiger partial charge in [0, 0.05) is 30.4 Å². The molecule has 20 heavy (non-hydrogen) atoms. The average Bonchev–Trinajstić information content (AvgIpc) is 3.04. The van der Waals surface area contributed by atoms with Crippen LogP contribution in [-0.4, -0.2) is 33.7 Å². The van der Waals surface area contributed by atoms with Crippen LogP contribution in [0.2, 0.25) is 0 Å². The standard InChI is InChI=1S/C13H16N4O2S/c1-3-19-12(18)11-9(2)20-13(15-11)17-7-6-16-5-4-14-10(16)8-17/h4-5H,3,6-8H2,1-2H3. The summed E-state index contributed by atoms with van der Waals surface area (Å²) < 4.78 is 7.17. The van der Waals surface area contributed by atoms with Crippen LogP contribution in [0.5, 0.6) is 0 Å². The van der Waals surface area contributed by atoms with Crippen molar-refractivity contribution in [3.05, 3.63) is 28.8 Å². The van der Waals surface area contributed by atoms with E-state index in [1.165, 1.54) is 11.3 Å². The van der Waals surface area contributed by atoms with Crippen LogP contribution in [0.4, 0.5) is 5.13 Å². The van der Waals surface area contributed by atoms with Crippen LogP contribution in [0, 0.1) is 6.92 Å². The Morgan fingerprint density at radius 2 is 2.35 bits per heavy atom. The van der Waals surface area contributed by atoms with E-state index < -0.39 is 0 Å². The minimum absolute atomic E-state index is 0.342. The molecule has 2 aromatic heterocycles. The highest BCUT2D eigenvalue weighted by atomic mass is 32.1. The molecule has 0 spiro atoms. The number of thiazole rings is 1. The van der Waals surface area contributed by atoms with E-state index in [4.69, 9.17) is 4.74 Å². The van der Waals surface area contributed by atoms with Gasteiger partial charge in [0.05, 0.1) is 13.2 Å². The Morgan fingerprint density at radius 1 is 1.50 bits per heavy atom. The van der Waals surface area contributed by atoms with E-state index in [1.807, 2.05) is 19.3 Å². The number of ether oxygens (including phenoxy) is 1. The van der Waals surface area contributed by atoms with Crippen LogP contribution in [0.15, 0.2) is 12.4 Å². The van der Waals surface area contributed by atoms with Gasteiger partial charge in [0.25, 0.3) is 0 Å². The summed E-state index contributed by atoms with van der Waals surface area (Å²) in [6, 6.07) is 0. The van der Waals surface area contributed by atoms with Crippen LogP contribution >= 0.6 is 11.3 Å². The second-order valence-electron chi connectivity index (χ2n) is 4.58. The van der Waals surface area contributed by atoms with E-state index in [2.05, 4.69) is 19.4 Å². The molecule has 0 unspecified atom stereocenters. The summed E-state index contributed by atoms with van der Waals surface area (Å²) in [6.45, 7) is 6.55. The summed E-state index contributed by atoms with van der Waals surface area (Å²) in [5.41, 5.74) is 0.431. The number of rotatable bonds is 3.